The molecule has 44 heavy (non-hydrogen) atoms. The molecule has 1 N–H and O–H groups in total. The highest BCUT2D eigenvalue weighted by Gasteiger charge is 2.32. The third-order valence-electron chi connectivity index (χ3n) is 8.46. The van der Waals surface area contributed by atoms with E-state index >= 15 is 0 Å². The topological polar surface area (TPSA) is 96.0 Å². The lowest BCUT2D eigenvalue weighted by Gasteiger charge is -2.33. The summed E-state index contributed by atoms with van der Waals surface area (Å²) in [5, 5.41) is 3.23. The van der Waals surface area contributed by atoms with Crippen molar-refractivity contribution >= 4 is 27.5 Å². The van der Waals surface area contributed by atoms with Gasteiger partial charge in [0.1, 0.15) is 11.8 Å². The van der Waals surface area contributed by atoms with Gasteiger partial charge in [-0.05, 0) is 73.6 Å². The monoisotopic (exact) mass is 619 g/mol. The Balaban J connectivity index is 1.61. The Bertz CT molecular complexity index is 1520. The molecule has 0 heterocycles. The number of hydrogen-bond donors (Lipinski definition) is 1. The Labute approximate surface area is 262 Å². The molecule has 1 saturated carbocycles. The van der Waals surface area contributed by atoms with E-state index < -0.39 is 16.1 Å². The summed E-state index contributed by atoms with van der Waals surface area (Å²) in [4.78, 5) is 29.7. The largest absolute Gasteiger partial charge is 0.497 e. The minimum atomic E-state index is -3.59. The van der Waals surface area contributed by atoms with Crippen molar-refractivity contribution in [3.05, 3.63) is 95.1 Å². The first-order valence-corrected chi connectivity index (χ1v) is 17.2. The molecule has 0 aromatic heterocycles. The number of nitrogens with zero attached hydrogens (tertiary/aromatic N) is 2. The van der Waals surface area contributed by atoms with Crippen LogP contribution in [0.5, 0.6) is 5.75 Å². The van der Waals surface area contributed by atoms with Gasteiger partial charge in [0.05, 0.1) is 19.1 Å². The van der Waals surface area contributed by atoms with E-state index in [0.29, 0.717) is 24.3 Å². The average molecular weight is 620 g/mol. The molecule has 1 fully saturated rings. The first-order chi connectivity index (χ1) is 21.1. The molecule has 8 nitrogen and oxygen atoms in total. The summed E-state index contributed by atoms with van der Waals surface area (Å²) >= 11 is 0. The Hall–Kier alpha value is -3.85. The zero-order chi connectivity index (χ0) is 31.7. The fourth-order valence-corrected chi connectivity index (χ4v) is 6.89. The molecule has 2 amide bonds. The van der Waals surface area contributed by atoms with E-state index in [-0.39, 0.29) is 37.4 Å². The number of aryl methyl sites for hydroxylation is 1. The highest BCUT2D eigenvalue weighted by atomic mass is 32.2. The minimum Gasteiger partial charge on any atom is -0.497 e. The van der Waals surface area contributed by atoms with E-state index in [1.807, 2.05) is 80.6 Å². The van der Waals surface area contributed by atoms with Gasteiger partial charge in [0.15, 0.2) is 0 Å². The SMILES string of the molecule is COc1cccc(CN(C(=O)CCCN(c2cccc(C)c2C)S(C)(=O)=O)C(Cc2ccccc2)C(=O)NC2CCCC2)c1. The van der Waals surface area contributed by atoms with E-state index in [4.69, 9.17) is 4.74 Å². The van der Waals surface area contributed by atoms with Crippen molar-refractivity contribution in [3.63, 3.8) is 0 Å². The average Bonchev–Trinajstić information content (AvgIpc) is 3.51. The zero-order valence-corrected chi connectivity index (χ0v) is 27.1. The van der Waals surface area contributed by atoms with Crippen LogP contribution in [0.15, 0.2) is 72.8 Å². The van der Waals surface area contributed by atoms with Crippen LogP contribution in [0.1, 0.15) is 60.8 Å². The van der Waals surface area contributed by atoms with Crippen molar-refractivity contribution in [3.8, 4) is 5.75 Å². The molecular weight excluding hydrogens is 574 g/mol. The van der Waals surface area contributed by atoms with Crippen LogP contribution in [0.2, 0.25) is 0 Å². The van der Waals surface area contributed by atoms with Crippen LogP contribution in [0.4, 0.5) is 5.69 Å². The molecule has 0 radical (unpaired) electrons. The third kappa shape index (κ3) is 8.85. The molecule has 1 atom stereocenters. The lowest BCUT2D eigenvalue weighted by atomic mass is 10.0. The number of anilines is 1. The summed E-state index contributed by atoms with van der Waals surface area (Å²) < 4.78 is 32.5. The van der Waals surface area contributed by atoms with Gasteiger partial charge in [-0.3, -0.25) is 13.9 Å². The second-order valence-electron chi connectivity index (χ2n) is 11.7. The second-order valence-corrected chi connectivity index (χ2v) is 13.6. The van der Waals surface area contributed by atoms with Gasteiger partial charge in [-0.25, -0.2) is 8.42 Å². The zero-order valence-electron chi connectivity index (χ0n) is 26.3. The standard InChI is InChI=1S/C35H45N3O5S/c1-26-13-10-20-32(27(26)2)38(44(4,41)42)22-12-21-34(39)37(25-29-16-11-19-31(23-29)43-3)33(24-28-14-6-5-7-15-28)35(40)36-30-17-8-9-18-30/h5-7,10-11,13-16,19-20,23,30,33H,8-9,12,17-18,21-22,24-25H2,1-4H3,(H,36,40). The Morgan fingerprint density at radius 1 is 0.955 bits per heavy atom. The first kappa shape index (κ1) is 33.1. The maximum Gasteiger partial charge on any atom is 0.243 e. The summed E-state index contributed by atoms with van der Waals surface area (Å²) in [6.45, 7) is 4.22. The number of amides is 2. The number of hydrogen-bond acceptors (Lipinski definition) is 5. The number of carbonyl (C=O) groups is 2. The summed E-state index contributed by atoms with van der Waals surface area (Å²) in [5.74, 6) is 0.303. The number of methoxy groups -OCH3 is 1. The van der Waals surface area contributed by atoms with Crippen LogP contribution in [0.3, 0.4) is 0 Å². The van der Waals surface area contributed by atoms with Gasteiger partial charge in [-0.15, -0.1) is 0 Å². The maximum atomic E-state index is 14.1. The summed E-state index contributed by atoms with van der Waals surface area (Å²) in [7, 11) is -1.99. The van der Waals surface area contributed by atoms with Gasteiger partial charge in [0, 0.05) is 32.0 Å². The smallest absolute Gasteiger partial charge is 0.243 e. The van der Waals surface area contributed by atoms with Gasteiger partial charge in [-0.2, -0.15) is 0 Å². The quantitative estimate of drug-likeness (QED) is 0.255. The molecule has 1 aliphatic rings. The molecule has 236 valence electrons. The number of benzene rings is 3. The van der Waals surface area contributed by atoms with Gasteiger partial charge in [-0.1, -0.05) is 67.4 Å². The number of nitrogens with one attached hydrogen (secondary N) is 1. The van der Waals surface area contributed by atoms with Crippen LogP contribution < -0.4 is 14.4 Å². The fourth-order valence-electron chi connectivity index (χ4n) is 5.88. The molecule has 3 aromatic rings. The molecule has 9 heteroatoms. The molecule has 0 spiro atoms. The molecular formula is C35H45N3O5S. The van der Waals surface area contributed by atoms with Crippen molar-refractivity contribution in [2.75, 3.05) is 24.2 Å². The second kappa shape index (κ2) is 15.2. The van der Waals surface area contributed by atoms with Crippen LogP contribution in [0, 0.1) is 13.8 Å². The van der Waals surface area contributed by atoms with Crippen molar-refractivity contribution in [2.24, 2.45) is 0 Å². The molecule has 0 bridgehead atoms. The van der Waals surface area contributed by atoms with Crippen molar-refractivity contribution in [1.82, 2.24) is 10.2 Å². The molecule has 1 aliphatic carbocycles. The summed E-state index contributed by atoms with van der Waals surface area (Å²) in [6.07, 6.45) is 5.98. The van der Waals surface area contributed by atoms with Gasteiger partial charge in [0.2, 0.25) is 21.8 Å². The predicted molar refractivity (Wildman–Crippen MR) is 175 cm³/mol. The molecule has 0 aliphatic heterocycles. The summed E-state index contributed by atoms with van der Waals surface area (Å²) in [5.41, 5.74) is 4.30. The van der Waals surface area contributed by atoms with Crippen molar-refractivity contribution < 1.29 is 22.7 Å². The Morgan fingerprint density at radius 3 is 2.32 bits per heavy atom. The Kier molecular flexibility index (Phi) is 11.4. The summed E-state index contributed by atoms with van der Waals surface area (Å²) in [6, 6.07) is 22.2. The number of ether oxygens (including phenoxy) is 1. The van der Waals surface area contributed by atoms with Gasteiger partial charge >= 0.3 is 0 Å². The molecule has 0 saturated heterocycles. The highest BCUT2D eigenvalue weighted by molar-refractivity contribution is 7.92. The van der Waals surface area contributed by atoms with Crippen molar-refractivity contribution in [1.29, 1.82) is 0 Å². The predicted octanol–water partition coefficient (Wildman–Crippen LogP) is 5.56. The van der Waals surface area contributed by atoms with E-state index in [9.17, 15) is 18.0 Å². The highest BCUT2D eigenvalue weighted by Crippen LogP contribution is 2.26. The number of sulfonamides is 1. The molecule has 4 rings (SSSR count). The maximum absolute atomic E-state index is 14.1. The van der Waals surface area contributed by atoms with E-state index in [1.54, 1.807) is 18.1 Å². The minimum absolute atomic E-state index is 0.0862. The first-order valence-electron chi connectivity index (χ1n) is 15.4. The van der Waals surface area contributed by atoms with E-state index in [1.165, 1.54) is 10.6 Å². The lowest BCUT2D eigenvalue weighted by Crippen LogP contribution is -2.52. The van der Waals surface area contributed by atoms with Crippen LogP contribution in [0.25, 0.3) is 0 Å². The van der Waals surface area contributed by atoms with Gasteiger partial charge < -0.3 is 15.0 Å². The van der Waals surface area contributed by atoms with Crippen molar-refractivity contribution in [2.45, 2.75) is 77.4 Å². The molecule has 1 unspecified atom stereocenters. The van der Waals surface area contributed by atoms with Crippen LogP contribution in [-0.2, 0) is 32.6 Å². The van der Waals surface area contributed by atoms with Crippen LogP contribution in [-0.4, -0.2) is 57.1 Å². The lowest BCUT2D eigenvalue weighted by molar-refractivity contribution is -0.141. The number of carbonyl (C=O) groups excluding carboxylic acids is 2. The normalized spacial score (nSPS) is 14.2. The number of rotatable bonds is 14. The molecule has 3 aromatic carbocycles. The third-order valence-corrected chi connectivity index (χ3v) is 9.64. The van der Waals surface area contributed by atoms with Crippen LogP contribution >= 0.6 is 0 Å². The fraction of sp³-hybridized carbons (Fsp3) is 0.429. The van der Waals surface area contributed by atoms with E-state index in [2.05, 4.69) is 5.32 Å². The Morgan fingerprint density at radius 2 is 1.64 bits per heavy atom. The van der Waals surface area contributed by atoms with Gasteiger partial charge in [0.25, 0.3) is 0 Å². The van der Waals surface area contributed by atoms with E-state index in [0.717, 1.165) is 47.9 Å².